The molecule has 0 aliphatic carbocycles. The molecule has 1 saturated heterocycles. The standard InChI is InChI=1S/C16H24N4O/c1-3-5-15(12-17)20-10-8-19(9-11-20)13-14-6-4-7-18-16(14)21-2/h4,6-7,15H,3,5,8-11,13H2,1-2H3. The monoisotopic (exact) mass is 288 g/mol. The minimum atomic E-state index is 0.0741. The van der Waals surface area contributed by atoms with Crippen LogP contribution in [0, 0.1) is 11.3 Å². The van der Waals surface area contributed by atoms with E-state index in [0.717, 1.165) is 51.1 Å². The van der Waals surface area contributed by atoms with Gasteiger partial charge in [0.25, 0.3) is 0 Å². The molecule has 0 spiro atoms. The summed E-state index contributed by atoms with van der Waals surface area (Å²) in [6.07, 6.45) is 3.78. The van der Waals surface area contributed by atoms with Crippen molar-refractivity contribution in [3.8, 4) is 11.9 Å². The van der Waals surface area contributed by atoms with Gasteiger partial charge >= 0.3 is 0 Å². The van der Waals surface area contributed by atoms with Crippen LogP contribution >= 0.6 is 0 Å². The second-order valence-corrected chi connectivity index (χ2v) is 5.42. The molecule has 1 aromatic heterocycles. The van der Waals surface area contributed by atoms with Gasteiger partial charge in [0.2, 0.25) is 5.88 Å². The van der Waals surface area contributed by atoms with Crippen molar-refractivity contribution in [3.05, 3.63) is 23.9 Å². The molecule has 0 saturated carbocycles. The number of aromatic nitrogens is 1. The maximum absolute atomic E-state index is 9.25. The summed E-state index contributed by atoms with van der Waals surface area (Å²) in [6, 6.07) is 6.52. The maximum Gasteiger partial charge on any atom is 0.217 e. The average Bonchev–Trinajstić information content (AvgIpc) is 2.54. The molecule has 0 N–H and O–H groups in total. The fourth-order valence-electron chi connectivity index (χ4n) is 2.80. The first-order valence-corrected chi connectivity index (χ1v) is 7.62. The minimum Gasteiger partial charge on any atom is -0.481 e. The van der Waals surface area contributed by atoms with E-state index in [1.165, 1.54) is 0 Å². The molecule has 5 nitrogen and oxygen atoms in total. The third-order valence-electron chi connectivity index (χ3n) is 4.00. The number of nitriles is 1. The third-order valence-corrected chi connectivity index (χ3v) is 4.00. The maximum atomic E-state index is 9.25. The third kappa shape index (κ3) is 4.16. The van der Waals surface area contributed by atoms with Gasteiger partial charge in [0.05, 0.1) is 19.2 Å². The van der Waals surface area contributed by atoms with E-state index in [0.29, 0.717) is 5.88 Å². The molecule has 0 bridgehead atoms. The molecular formula is C16H24N4O. The Hall–Kier alpha value is -1.64. The van der Waals surface area contributed by atoms with Gasteiger partial charge in [-0.1, -0.05) is 19.4 Å². The molecule has 1 aliphatic rings. The van der Waals surface area contributed by atoms with Crippen molar-refractivity contribution in [3.63, 3.8) is 0 Å². The number of pyridine rings is 1. The predicted molar refractivity (Wildman–Crippen MR) is 81.9 cm³/mol. The summed E-state index contributed by atoms with van der Waals surface area (Å²) < 4.78 is 5.30. The normalized spacial score (nSPS) is 18.1. The van der Waals surface area contributed by atoms with Crippen molar-refractivity contribution in [2.24, 2.45) is 0 Å². The highest BCUT2D eigenvalue weighted by Gasteiger charge is 2.23. The lowest BCUT2D eigenvalue weighted by molar-refractivity contribution is 0.105. The van der Waals surface area contributed by atoms with Crippen LogP contribution in [0.4, 0.5) is 0 Å². The Balaban J connectivity index is 1.88. The molecule has 2 rings (SSSR count). The van der Waals surface area contributed by atoms with Crippen molar-refractivity contribution >= 4 is 0 Å². The lowest BCUT2D eigenvalue weighted by Gasteiger charge is -2.36. The lowest BCUT2D eigenvalue weighted by atomic mass is 10.1. The second-order valence-electron chi connectivity index (χ2n) is 5.42. The van der Waals surface area contributed by atoms with Crippen LogP contribution in [0.25, 0.3) is 0 Å². The van der Waals surface area contributed by atoms with E-state index < -0.39 is 0 Å². The summed E-state index contributed by atoms with van der Waals surface area (Å²) in [7, 11) is 1.66. The van der Waals surface area contributed by atoms with Crippen LogP contribution in [0.1, 0.15) is 25.3 Å². The van der Waals surface area contributed by atoms with Gasteiger partial charge in [-0.05, 0) is 12.5 Å². The molecule has 1 fully saturated rings. The number of nitrogens with zero attached hydrogens (tertiary/aromatic N) is 4. The molecule has 1 aromatic rings. The zero-order valence-corrected chi connectivity index (χ0v) is 13.0. The van der Waals surface area contributed by atoms with E-state index in [9.17, 15) is 5.26 Å². The summed E-state index contributed by atoms with van der Waals surface area (Å²) in [4.78, 5) is 8.95. The molecule has 2 heterocycles. The van der Waals surface area contributed by atoms with Crippen LogP contribution in [-0.4, -0.2) is 54.1 Å². The first-order valence-electron chi connectivity index (χ1n) is 7.62. The number of rotatable bonds is 6. The summed E-state index contributed by atoms with van der Waals surface area (Å²) in [5, 5.41) is 9.25. The van der Waals surface area contributed by atoms with Gasteiger partial charge in [0.15, 0.2) is 0 Å². The van der Waals surface area contributed by atoms with Crippen LogP contribution in [0.5, 0.6) is 5.88 Å². The molecule has 0 radical (unpaired) electrons. The molecule has 5 heteroatoms. The number of hydrogen-bond donors (Lipinski definition) is 0. The smallest absolute Gasteiger partial charge is 0.217 e. The molecule has 0 amide bonds. The summed E-state index contributed by atoms with van der Waals surface area (Å²) in [5.41, 5.74) is 1.12. The summed E-state index contributed by atoms with van der Waals surface area (Å²) in [5.74, 6) is 0.709. The molecule has 1 aliphatic heterocycles. The Morgan fingerprint density at radius 3 is 2.76 bits per heavy atom. The van der Waals surface area contributed by atoms with Gasteiger partial charge in [-0.2, -0.15) is 5.26 Å². The average molecular weight is 288 g/mol. The van der Waals surface area contributed by atoms with Crippen molar-refractivity contribution < 1.29 is 4.74 Å². The largest absolute Gasteiger partial charge is 0.481 e. The van der Waals surface area contributed by atoms with E-state index in [1.807, 2.05) is 6.07 Å². The Labute approximate surface area is 127 Å². The van der Waals surface area contributed by atoms with E-state index >= 15 is 0 Å². The Kier molecular flexibility index (Phi) is 5.97. The zero-order valence-electron chi connectivity index (χ0n) is 13.0. The summed E-state index contributed by atoms with van der Waals surface area (Å²) >= 11 is 0. The quantitative estimate of drug-likeness (QED) is 0.800. The fourth-order valence-corrected chi connectivity index (χ4v) is 2.80. The SMILES string of the molecule is CCCC(C#N)N1CCN(Cc2cccnc2OC)CC1. The molecule has 114 valence electrons. The Bertz CT molecular complexity index is 477. The highest BCUT2D eigenvalue weighted by Crippen LogP contribution is 2.18. The fraction of sp³-hybridized carbons (Fsp3) is 0.625. The Morgan fingerprint density at radius 2 is 2.14 bits per heavy atom. The van der Waals surface area contributed by atoms with Gasteiger partial charge < -0.3 is 4.74 Å². The molecule has 1 unspecified atom stereocenters. The van der Waals surface area contributed by atoms with Crippen LogP contribution in [0.15, 0.2) is 18.3 Å². The number of hydrogen-bond acceptors (Lipinski definition) is 5. The van der Waals surface area contributed by atoms with E-state index in [4.69, 9.17) is 4.74 Å². The van der Waals surface area contributed by atoms with Crippen LogP contribution in [-0.2, 0) is 6.54 Å². The topological polar surface area (TPSA) is 52.4 Å². The molecule has 0 aromatic carbocycles. The minimum absolute atomic E-state index is 0.0741. The van der Waals surface area contributed by atoms with Gasteiger partial charge in [0, 0.05) is 44.5 Å². The van der Waals surface area contributed by atoms with Crippen molar-refractivity contribution in [2.45, 2.75) is 32.4 Å². The predicted octanol–water partition coefficient (Wildman–Crippen LogP) is 1.90. The van der Waals surface area contributed by atoms with E-state index in [-0.39, 0.29) is 6.04 Å². The Morgan fingerprint density at radius 1 is 1.38 bits per heavy atom. The van der Waals surface area contributed by atoms with Crippen molar-refractivity contribution in [1.29, 1.82) is 5.26 Å². The van der Waals surface area contributed by atoms with Gasteiger partial charge in [0.1, 0.15) is 0 Å². The van der Waals surface area contributed by atoms with Crippen molar-refractivity contribution in [2.75, 3.05) is 33.3 Å². The van der Waals surface area contributed by atoms with E-state index in [2.05, 4.69) is 33.8 Å². The van der Waals surface area contributed by atoms with Crippen LogP contribution in [0.2, 0.25) is 0 Å². The zero-order chi connectivity index (χ0) is 15.1. The van der Waals surface area contributed by atoms with Gasteiger partial charge in [-0.15, -0.1) is 0 Å². The number of piperazine rings is 1. The van der Waals surface area contributed by atoms with Crippen LogP contribution < -0.4 is 4.74 Å². The number of methoxy groups -OCH3 is 1. The highest BCUT2D eigenvalue weighted by molar-refractivity contribution is 5.25. The number of ether oxygens (including phenoxy) is 1. The van der Waals surface area contributed by atoms with Gasteiger partial charge in [-0.3, -0.25) is 9.80 Å². The van der Waals surface area contributed by atoms with Crippen molar-refractivity contribution in [1.82, 2.24) is 14.8 Å². The molecule has 1 atom stereocenters. The summed E-state index contributed by atoms with van der Waals surface area (Å²) in [6.45, 7) is 6.88. The molecule has 21 heavy (non-hydrogen) atoms. The highest BCUT2D eigenvalue weighted by atomic mass is 16.5. The lowest BCUT2D eigenvalue weighted by Crippen LogP contribution is -2.49. The second kappa shape index (κ2) is 7.96. The molecular weight excluding hydrogens is 264 g/mol. The van der Waals surface area contributed by atoms with Gasteiger partial charge in [-0.25, -0.2) is 4.98 Å². The first kappa shape index (κ1) is 15.7. The van der Waals surface area contributed by atoms with Crippen LogP contribution in [0.3, 0.4) is 0 Å². The first-order chi connectivity index (χ1) is 10.3. The van der Waals surface area contributed by atoms with E-state index in [1.54, 1.807) is 13.3 Å².